The topological polar surface area (TPSA) is 39.1 Å². The summed E-state index contributed by atoms with van der Waals surface area (Å²) in [6.45, 7) is 5.47. The number of hydrogen-bond donors (Lipinski definition) is 1. The number of aromatic nitrogens is 2. The molecule has 1 spiro atoms. The molecule has 2 aliphatic heterocycles. The maximum Gasteiger partial charge on any atom is 0.0795 e. The molecule has 1 aromatic rings. The lowest BCUT2D eigenvalue weighted by atomic mass is 9.90. The van der Waals surface area contributed by atoms with Crippen molar-refractivity contribution in [1.29, 1.82) is 0 Å². The molecule has 1 N–H and O–H groups in total. The van der Waals surface area contributed by atoms with E-state index in [2.05, 4.69) is 17.0 Å². The molecule has 0 saturated carbocycles. The summed E-state index contributed by atoms with van der Waals surface area (Å²) >= 11 is 2.03. The van der Waals surface area contributed by atoms with Crippen molar-refractivity contribution in [3.63, 3.8) is 0 Å². The standard InChI is InChI=1S/C14H21N3OS/c1-2-17-10-12(9-16-17)8-15-13-3-5-18-14(7-13)4-6-19-11-14/h2,9-10,13,15H,1,3-8,11H2/t13-,14+/m1/s1. The van der Waals surface area contributed by atoms with Gasteiger partial charge in [-0.05, 0) is 25.0 Å². The lowest BCUT2D eigenvalue weighted by molar-refractivity contribution is -0.0703. The molecular formula is C14H21N3OS. The summed E-state index contributed by atoms with van der Waals surface area (Å²) < 4.78 is 7.79. The molecule has 2 saturated heterocycles. The summed E-state index contributed by atoms with van der Waals surface area (Å²) in [5.74, 6) is 2.42. The first-order valence-corrected chi connectivity index (χ1v) is 8.06. The number of nitrogens with zero attached hydrogens (tertiary/aromatic N) is 2. The smallest absolute Gasteiger partial charge is 0.0795 e. The van der Waals surface area contributed by atoms with Crippen LogP contribution < -0.4 is 5.32 Å². The van der Waals surface area contributed by atoms with Crippen LogP contribution in [-0.2, 0) is 11.3 Å². The highest BCUT2D eigenvalue weighted by molar-refractivity contribution is 7.99. The van der Waals surface area contributed by atoms with Crippen molar-refractivity contribution in [3.05, 3.63) is 24.5 Å². The fourth-order valence-electron chi connectivity index (χ4n) is 2.90. The van der Waals surface area contributed by atoms with E-state index in [4.69, 9.17) is 4.74 Å². The van der Waals surface area contributed by atoms with E-state index in [9.17, 15) is 0 Å². The zero-order chi connectivity index (χ0) is 13.1. The van der Waals surface area contributed by atoms with Crippen LogP contribution in [0.3, 0.4) is 0 Å². The lowest BCUT2D eigenvalue weighted by Gasteiger charge is -2.38. The lowest BCUT2D eigenvalue weighted by Crippen LogP contribution is -2.47. The maximum absolute atomic E-state index is 6.04. The molecule has 0 aromatic carbocycles. The Morgan fingerprint density at radius 3 is 3.37 bits per heavy atom. The van der Waals surface area contributed by atoms with E-state index in [0.29, 0.717) is 6.04 Å². The molecule has 1 aromatic heterocycles. The zero-order valence-electron chi connectivity index (χ0n) is 11.2. The van der Waals surface area contributed by atoms with E-state index in [1.54, 1.807) is 10.9 Å². The molecule has 19 heavy (non-hydrogen) atoms. The summed E-state index contributed by atoms with van der Waals surface area (Å²) in [6, 6.07) is 0.569. The van der Waals surface area contributed by atoms with Gasteiger partial charge in [-0.1, -0.05) is 6.58 Å². The number of rotatable bonds is 4. The van der Waals surface area contributed by atoms with Crippen LogP contribution in [0.5, 0.6) is 0 Å². The van der Waals surface area contributed by atoms with Gasteiger partial charge < -0.3 is 10.1 Å². The molecular weight excluding hydrogens is 258 g/mol. The van der Waals surface area contributed by atoms with Crippen LogP contribution in [0.2, 0.25) is 0 Å². The van der Waals surface area contributed by atoms with Crippen molar-refractivity contribution in [1.82, 2.24) is 15.1 Å². The minimum absolute atomic E-state index is 0.159. The molecule has 3 rings (SSSR count). The average Bonchev–Trinajstić information content (AvgIpc) is 3.06. The molecule has 104 valence electrons. The Balaban J connectivity index is 1.53. The summed E-state index contributed by atoms with van der Waals surface area (Å²) in [6.07, 6.45) is 9.10. The molecule has 3 heterocycles. The summed E-state index contributed by atoms with van der Waals surface area (Å²) in [4.78, 5) is 0. The number of nitrogens with one attached hydrogen (secondary N) is 1. The second kappa shape index (κ2) is 5.69. The highest BCUT2D eigenvalue weighted by Crippen LogP contribution is 2.38. The fourth-order valence-corrected chi connectivity index (χ4v) is 4.27. The molecule has 4 nitrogen and oxygen atoms in total. The Labute approximate surface area is 118 Å². The normalized spacial score (nSPS) is 30.8. The van der Waals surface area contributed by atoms with Crippen LogP contribution >= 0.6 is 11.8 Å². The summed E-state index contributed by atoms with van der Waals surface area (Å²) in [5, 5.41) is 7.85. The highest BCUT2D eigenvalue weighted by atomic mass is 32.2. The maximum atomic E-state index is 6.04. The Hall–Kier alpha value is -0.780. The van der Waals surface area contributed by atoms with Crippen LogP contribution in [0.1, 0.15) is 24.8 Å². The molecule has 2 atom stereocenters. The monoisotopic (exact) mass is 279 g/mol. The van der Waals surface area contributed by atoms with Crippen molar-refractivity contribution in [2.75, 3.05) is 18.1 Å². The van der Waals surface area contributed by atoms with Gasteiger partial charge in [0.05, 0.1) is 11.8 Å². The van der Waals surface area contributed by atoms with Gasteiger partial charge in [-0.15, -0.1) is 0 Å². The van der Waals surface area contributed by atoms with Crippen LogP contribution in [0.4, 0.5) is 0 Å². The van der Waals surface area contributed by atoms with Crippen molar-refractivity contribution >= 4 is 18.0 Å². The molecule has 2 aliphatic rings. The Kier molecular flexibility index (Phi) is 3.96. The Bertz CT molecular complexity index is 440. The van der Waals surface area contributed by atoms with Crippen LogP contribution in [0.25, 0.3) is 6.20 Å². The Morgan fingerprint density at radius 2 is 2.63 bits per heavy atom. The van der Waals surface area contributed by atoms with Gasteiger partial charge in [0.1, 0.15) is 0 Å². The first-order valence-electron chi connectivity index (χ1n) is 6.90. The summed E-state index contributed by atoms with van der Waals surface area (Å²) in [7, 11) is 0. The molecule has 0 bridgehead atoms. The van der Waals surface area contributed by atoms with E-state index >= 15 is 0 Å². The second-order valence-corrected chi connectivity index (χ2v) is 6.52. The zero-order valence-corrected chi connectivity index (χ0v) is 12.0. The molecule has 5 heteroatoms. The van der Waals surface area contributed by atoms with Crippen molar-refractivity contribution < 1.29 is 4.74 Å². The SMILES string of the molecule is C=Cn1cc(CN[C@@H]2CCO[C@@]3(CCSC3)C2)cn1. The van der Waals surface area contributed by atoms with Gasteiger partial charge in [-0.25, -0.2) is 4.68 Å². The van der Waals surface area contributed by atoms with E-state index < -0.39 is 0 Å². The third kappa shape index (κ3) is 3.04. The average molecular weight is 279 g/mol. The fraction of sp³-hybridized carbons (Fsp3) is 0.643. The molecule has 2 fully saturated rings. The molecule has 0 amide bonds. The molecule has 0 aliphatic carbocycles. The first kappa shape index (κ1) is 13.2. The Morgan fingerprint density at radius 1 is 1.68 bits per heavy atom. The molecule has 0 radical (unpaired) electrons. The minimum atomic E-state index is 0.159. The van der Waals surface area contributed by atoms with Crippen molar-refractivity contribution in [3.8, 4) is 0 Å². The van der Waals surface area contributed by atoms with Crippen molar-refractivity contribution in [2.45, 2.75) is 37.5 Å². The quantitative estimate of drug-likeness (QED) is 0.916. The van der Waals surface area contributed by atoms with Gasteiger partial charge in [0.15, 0.2) is 0 Å². The van der Waals surface area contributed by atoms with E-state index in [1.165, 1.54) is 23.5 Å². The summed E-state index contributed by atoms with van der Waals surface area (Å²) in [5.41, 5.74) is 1.37. The van der Waals surface area contributed by atoms with Gasteiger partial charge >= 0.3 is 0 Å². The minimum Gasteiger partial charge on any atom is -0.374 e. The number of thioether (sulfide) groups is 1. The largest absolute Gasteiger partial charge is 0.374 e. The van der Waals surface area contributed by atoms with E-state index in [0.717, 1.165) is 26.0 Å². The van der Waals surface area contributed by atoms with Crippen LogP contribution in [0, 0.1) is 0 Å². The predicted molar refractivity (Wildman–Crippen MR) is 79.1 cm³/mol. The van der Waals surface area contributed by atoms with Crippen LogP contribution in [0.15, 0.2) is 19.0 Å². The van der Waals surface area contributed by atoms with E-state index in [-0.39, 0.29) is 5.60 Å². The van der Waals surface area contributed by atoms with E-state index in [1.807, 2.05) is 24.2 Å². The highest BCUT2D eigenvalue weighted by Gasteiger charge is 2.40. The van der Waals surface area contributed by atoms with Gasteiger partial charge in [0, 0.05) is 42.9 Å². The van der Waals surface area contributed by atoms with Gasteiger partial charge in [-0.3, -0.25) is 0 Å². The third-order valence-electron chi connectivity index (χ3n) is 4.00. The van der Waals surface area contributed by atoms with Gasteiger partial charge in [-0.2, -0.15) is 16.9 Å². The number of ether oxygens (including phenoxy) is 1. The third-order valence-corrected chi connectivity index (χ3v) is 5.22. The van der Waals surface area contributed by atoms with Gasteiger partial charge in [0.25, 0.3) is 0 Å². The van der Waals surface area contributed by atoms with Crippen LogP contribution in [-0.4, -0.2) is 39.5 Å². The molecule has 0 unspecified atom stereocenters. The predicted octanol–water partition coefficient (Wildman–Crippen LogP) is 2.13. The van der Waals surface area contributed by atoms with Gasteiger partial charge in [0.2, 0.25) is 0 Å². The van der Waals surface area contributed by atoms with Crippen molar-refractivity contribution in [2.24, 2.45) is 0 Å². The second-order valence-electron chi connectivity index (χ2n) is 5.42. The number of hydrogen-bond acceptors (Lipinski definition) is 4. The first-order chi connectivity index (χ1) is 9.30.